The minimum atomic E-state index is -0.897. The first-order valence-electron chi connectivity index (χ1n) is 8.93. The molecule has 2 aromatic carbocycles. The molecule has 0 atom stereocenters. The van der Waals surface area contributed by atoms with Crippen LogP contribution in [0.3, 0.4) is 0 Å². The number of esters is 1. The lowest BCUT2D eigenvalue weighted by Crippen LogP contribution is -2.23. The molecule has 11 heteroatoms. The first kappa shape index (κ1) is 22.0. The summed E-state index contributed by atoms with van der Waals surface area (Å²) in [4.78, 5) is 38.3. The van der Waals surface area contributed by atoms with Gasteiger partial charge < -0.3 is 9.30 Å². The zero-order valence-corrected chi connectivity index (χ0v) is 16.9. The summed E-state index contributed by atoms with van der Waals surface area (Å²) in [6, 6.07) is 7.26. The summed E-state index contributed by atoms with van der Waals surface area (Å²) < 4.78 is 34.2. The number of carbonyl (C=O) groups excluding carboxylic acids is 2. The van der Waals surface area contributed by atoms with E-state index in [0.717, 1.165) is 28.0 Å². The Hall–Kier alpha value is -3.73. The Labute approximate surface area is 177 Å². The summed E-state index contributed by atoms with van der Waals surface area (Å²) in [5.74, 6) is -3.08. The predicted octanol–water partition coefficient (Wildman–Crippen LogP) is 3.59. The van der Waals surface area contributed by atoms with Gasteiger partial charge in [-0.3, -0.25) is 19.7 Å². The van der Waals surface area contributed by atoms with Gasteiger partial charge in [0.2, 0.25) is 0 Å². The molecule has 3 rings (SSSR count). The summed E-state index contributed by atoms with van der Waals surface area (Å²) in [6.07, 6.45) is 2.52. The molecule has 0 saturated heterocycles. The lowest BCUT2D eigenvalue weighted by molar-refractivity contribution is -0.384. The number of carbonyl (C=O) groups is 2. The molecule has 0 fully saturated rings. The van der Waals surface area contributed by atoms with Crippen LogP contribution in [0.2, 0.25) is 0 Å². The number of nitrogens with zero attached hydrogens (tertiary/aromatic N) is 3. The van der Waals surface area contributed by atoms with Crippen LogP contribution < -0.4 is 4.80 Å². The van der Waals surface area contributed by atoms with Crippen LogP contribution in [0.5, 0.6) is 0 Å². The molecular weight excluding hydrogens is 432 g/mol. The van der Waals surface area contributed by atoms with E-state index in [2.05, 4.69) is 4.99 Å². The number of non-ortho nitro benzene ring substituents is 1. The average Bonchev–Trinajstić information content (AvgIpc) is 3.03. The lowest BCUT2D eigenvalue weighted by Gasteiger charge is -2.05. The van der Waals surface area contributed by atoms with Gasteiger partial charge in [-0.25, -0.2) is 8.78 Å². The van der Waals surface area contributed by atoms with Crippen LogP contribution in [0.15, 0.2) is 47.5 Å². The van der Waals surface area contributed by atoms with E-state index in [-0.39, 0.29) is 27.3 Å². The Bertz CT molecular complexity index is 1260. The van der Waals surface area contributed by atoms with Gasteiger partial charge in [0.25, 0.3) is 11.6 Å². The maximum Gasteiger partial charge on any atom is 0.326 e. The number of amides is 1. The van der Waals surface area contributed by atoms with E-state index in [1.807, 2.05) is 0 Å². The number of hydrogen-bond acceptors (Lipinski definition) is 6. The van der Waals surface area contributed by atoms with Crippen molar-refractivity contribution < 1.29 is 28.0 Å². The molecule has 0 radical (unpaired) electrons. The third-order valence-electron chi connectivity index (χ3n) is 4.02. The van der Waals surface area contributed by atoms with Gasteiger partial charge in [0.05, 0.1) is 21.7 Å². The summed E-state index contributed by atoms with van der Waals surface area (Å²) >= 11 is 0.846. The summed E-state index contributed by atoms with van der Waals surface area (Å²) in [5.41, 5.74) is 0.371. The molecule has 3 aromatic rings. The van der Waals surface area contributed by atoms with Crippen molar-refractivity contribution in [3.8, 4) is 0 Å². The van der Waals surface area contributed by atoms with Gasteiger partial charge in [0.15, 0.2) is 10.6 Å². The monoisotopic (exact) mass is 447 g/mol. The minimum Gasteiger partial charge on any atom is -0.465 e. The second-order valence-electron chi connectivity index (χ2n) is 6.14. The number of nitro benzene ring substituents is 1. The molecule has 0 aliphatic carbocycles. The number of halogens is 2. The zero-order chi connectivity index (χ0) is 22.5. The van der Waals surface area contributed by atoms with E-state index in [1.54, 1.807) is 6.92 Å². The number of thiazole rings is 1. The van der Waals surface area contributed by atoms with E-state index in [1.165, 1.54) is 30.3 Å². The number of rotatable bonds is 6. The molecule has 0 spiro atoms. The van der Waals surface area contributed by atoms with E-state index in [4.69, 9.17) is 4.74 Å². The van der Waals surface area contributed by atoms with E-state index >= 15 is 0 Å². The third kappa shape index (κ3) is 5.25. The van der Waals surface area contributed by atoms with Crippen LogP contribution in [0.1, 0.15) is 12.5 Å². The standard InChI is InChI=1S/C20H15F2N3O5S/c1-2-30-18(27)11-24-19-15(22)9-13(21)10-16(19)31-20(24)23-17(26)8-5-12-3-6-14(7-4-12)25(28)29/h3-10H,2,11H2,1H3/b8-5+,23-20?. The first-order valence-corrected chi connectivity index (χ1v) is 9.75. The largest absolute Gasteiger partial charge is 0.465 e. The molecule has 1 heterocycles. The number of hydrogen-bond donors (Lipinski definition) is 0. The second-order valence-corrected chi connectivity index (χ2v) is 7.15. The van der Waals surface area contributed by atoms with Crippen molar-refractivity contribution >= 4 is 45.2 Å². The molecule has 1 aromatic heterocycles. The van der Waals surface area contributed by atoms with Crippen molar-refractivity contribution in [2.24, 2.45) is 4.99 Å². The topological polar surface area (TPSA) is 104 Å². The van der Waals surface area contributed by atoms with E-state index in [0.29, 0.717) is 11.6 Å². The Morgan fingerprint density at radius 2 is 1.97 bits per heavy atom. The molecule has 0 aliphatic rings. The normalized spacial score (nSPS) is 11.9. The smallest absolute Gasteiger partial charge is 0.326 e. The maximum atomic E-state index is 14.4. The summed E-state index contributed by atoms with van der Waals surface area (Å²) in [7, 11) is 0. The van der Waals surface area contributed by atoms with Crippen LogP contribution in [-0.2, 0) is 20.9 Å². The molecule has 0 bridgehead atoms. The van der Waals surface area contributed by atoms with Gasteiger partial charge >= 0.3 is 5.97 Å². The number of fused-ring (bicyclic) bond motifs is 1. The molecule has 0 aliphatic heterocycles. The van der Waals surface area contributed by atoms with Crippen molar-refractivity contribution in [1.82, 2.24) is 4.57 Å². The fraction of sp³-hybridized carbons (Fsp3) is 0.150. The fourth-order valence-corrected chi connectivity index (χ4v) is 3.78. The molecule has 0 saturated carbocycles. The summed E-state index contributed by atoms with van der Waals surface area (Å²) in [6.45, 7) is 1.32. The van der Waals surface area contributed by atoms with Crippen molar-refractivity contribution in [3.05, 3.63) is 74.6 Å². The number of nitro groups is 1. The Morgan fingerprint density at radius 1 is 1.26 bits per heavy atom. The van der Waals surface area contributed by atoms with Crippen molar-refractivity contribution in [2.75, 3.05) is 6.61 Å². The maximum absolute atomic E-state index is 14.4. The van der Waals surface area contributed by atoms with Crippen molar-refractivity contribution in [3.63, 3.8) is 0 Å². The van der Waals surface area contributed by atoms with E-state index < -0.39 is 35.0 Å². The van der Waals surface area contributed by atoms with Crippen LogP contribution in [0.4, 0.5) is 14.5 Å². The highest BCUT2D eigenvalue weighted by molar-refractivity contribution is 7.16. The highest BCUT2D eigenvalue weighted by Crippen LogP contribution is 2.22. The number of aromatic nitrogens is 1. The van der Waals surface area contributed by atoms with Crippen LogP contribution >= 0.6 is 11.3 Å². The lowest BCUT2D eigenvalue weighted by atomic mass is 10.2. The molecule has 0 unspecified atom stereocenters. The molecular formula is C20H15F2N3O5S. The molecule has 8 nitrogen and oxygen atoms in total. The number of benzene rings is 2. The quantitative estimate of drug-likeness (QED) is 0.249. The van der Waals surface area contributed by atoms with Gasteiger partial charge in [-0.2, -0.15) is 4.99 Å². The SMILES string of the molecule is CCOC(=O)Cn1c(=NC(=O)/C=C/c2ccc([N+](=O)[O-])cc2)sc2cc(F)cc(F)c21. The third-order valence-corrected chi connectivity index (χ3v) is 5.04. The van der Waals surface area contributed by atoms with Crippen LogP contribution in [0, 0.1) is 21.7 Å². The molecule has 1 amide bonds. The second kappa shape index (κ2) is 9.39. The van der Waals surface area contributed by atoms with Gasteiger partial charge in [-0.1, -0.05) is 11.3 Å². The van der Waals surface area contributed by atoms with Crippen molar-refractivity contribution in [1.29, 1.82) is 0 Å². The summed E-state index contributed by atoms with van der Waals surface area (Å²) in [5, 5.41) is 10.7. The Morgan fingerprint density at radius 3 is 2.61 bits per heavy atom. The Balaban J connectivity index is 1.97. The zero-order valence-electron chi connectivity index (χ0n) is 16.1. The molecule has 160 valence electrons. The van der Waals surface area contributed by atoms with Crippen molar-refractivity contribution in [2.45, 2.75) is 13.5 Å². The predicted molar refractivity (Wildman–Crippen MR) is 109 cm³/mol. The Kier molecular flexibility index (Phi) is 6.65. The molecule has 31 heavy (non-hydrogen) atoms. The number of ether oxygens (including phenoxy) is 1. The minimum absolute atomic E-state index is 0.00842. The van der Waals surface area contributed by atoms with Crippen LogP contribution in [-0.4, -0.2) is 28.0 Å². The fourth-order valence-electron chi connectivity index (χ4n) is 2.70. The van der Waals surface area contributed by atoms with E-state index in [9.17, 15) is 28.5 Å². The van der Waals surface area contributed by atoms with Gasteiger partial charge in [0, 0.05) is 24.3 Å². The highest BCUT2D eigenvalue weighted by Gasteiger charge is 2.16. The molecule has 0 N–H and O–H groups in total. The van der Waals surface area contributed by atoms with Gasteiger partial charge in [-0.15, -0.1) is 0 Å². The highest BCUT2D eigenvalue weighted by atomic mass is 32.1. The first-order chi connectivity index (χ1) is 14.8. The van der Waals surface area contributed by atoms with Crippen LogP contribution in [0.25, 0.3) is 16.3 Å². The van der Waals surface area contributed by atoms with Gasteiger partial charge in [-0.05, 0) is 36.8 Å². The average molecular weight is 447 g/mol. The van der Waals surface area contributed by atoms with Gasteiger partial charge in [0.1, 0.15) is 12.4 Å².